The van der Waals surface area contributed by atoms with E-state index in [1.54, 1.807) is 39.0 Å². The molecule has 5 nitrogen and oxygen atoms in total. The van der Waals surface area contributed by atoms with Crippen LogP contribution in [0.2, 0.25) is 5.02 Å². The van der Waals surface area contributed by atoms with Gasteiger partial charge in [-0.15, -0.1) is 0 Å². The molecule has 3 N–H and O–H groups in total. The second kappa shape index (κ2) is 6.75. The van der Waals surface area contributed by atoms with Crippen LogP contribution < -0.4 is 11.2 Å². The Kier molecular flexibility index (Phi) is 5.60. The van der Waals surface area contributed by atoms with Gasteiger partial charge in [-0.1, -0.05) is 11.6 Å². The van der Waals surface area contributed by atoms with Crippen molar-refractivity contribution in [2.24, 2.45) is 5.90 Å². The van der Waals surface area contributed by atoms with Crippen LogP contribution in [0.5, 0.6) is 0 Å². The summed E-state index contributed by atoms with van der Waals surface area (Å²) in [6, 6.07) is 5.18. The highest BCUT2D eigenvalue weighted by atomic mass is 35.5. The third-order valence-corrected chi connectivity index (χ3v) is 2.55. The third-order valence-electron chi connectivity index (χ3n) is 2.18. The molecule has 6 heteroatoms. The monoisotopic (exact) mass is 286 g/mol. The van der Waals surface area contributed by atoms with E-state index in [-0.39, 0.29) is 0 Å². The SMILES string of the molecule is CC(C)(C)OC(=O)Nc1ccc(Cl)c(CCON)c1. The fraction of sp³-hybridized carbons (Fsp3) is 0.462. The van der Waals surface area contributed by atoms with Gasteiger partial charge in [0.2, 0.25) is 0 Å². The van der Waals surface area contributed by atoms with E-state index in [1.807, 2.05) is 0 Å². The molecule has 0 aliphatic heterocycles. The van der Waals surface area contributed by atoms with E-state index < -0.39 is 11.7 Å². The van der Waals surface area contributed by atoms with Crippen molar-refractivity contribution in [3.63, 3.8) is 0 Å². The summed E-state index contributed by atoms with van der Waals surface area (Å²) in [4.78, 5) is 16.1. The van der Waals surface area contributed by atoms with E-state index in [2.05, 4.69) is 10.2 Å². The number of anilines is 1. The molecule has 0 spiro atoms. The number of hydrogen-bond acceptors (Lipinski definition) is 4. The molecule has 19 heavy (non-hydrogen) atoms. The highest BCUT2D eigenvalue weighted by molar-refractivity contribution is 6.31. The Morgan fingerprint density at radius 3 is 2.68 bits per heavy atom. The van der Waals surface area contributed by atoms with Gasteiger partial charge in [0.25, 0.3) is 0 Å². The van der Waals surface area contributed by atoms with Crippen LogP contribution in [0.1, 0.15) is 26.3 Å². The first-order valence-corrected chi connectivity index (χ1v) is 6.30. The first-order chi connectivity index (χ1) is 8.81. The minimum absolute atomic E-state index is 0.357. The molecular formula is C13H19ClN2O3. The molecular weight excluding hydrogens is 268 g/mol. The van der Waals surface area contributed by atoms with Crippen LogP contribution in [0.3, 0.4) is 0 Å². The number of carbonyl (C=O) groups is 1. The predicted octanol–water partition coefficient (Wildman–Crippen LogP) is 3.12. The summed E-state index contributed by atoms with van der Waals surface area (Å²) in [5.41, 5.74) is 0.929. The maximum atomic E-state index is 11.6. The maximum Gasteiger partial charge on any atom is 0.412 e. The van der Waals surface area contributed by atoms with Crippen LogP contribution in [0, 0.1) is 0 Å². The van der Waals surface area contributed by atoms with Crippen molar-refractivity contribution in [2.75, 3.05) is 11.9 Å². The number of carbonyl (C=O) groups excluding carboxylic acids is 1. The molecule has 1 aromatic rings. The molecule has 0 fully saturated rings. The zero-order valence-electron chi connectivity index (χ0n) is 11.3. The average molecular weight is 287 g/mol. The highest BCUT2D eigenvalue weighted by Crippen LogP contribution is 2.21. The standard InChI is InChI=1S/C13H19ClN2O3/c1-13(2,3)19-12(17)16-10-4-5-11(14)9(8-10)6-7-18-15/h4-5,8H,6-7,15H2,1-3H3,(H,16,17). The van der Waals surface area contributed by atoms with Crippen LogP contribution in [-0.2, 0) is 16.0 Å². The Morgan fingerprint density at radius 2 is 2.11 bits per heavy atom. The Hall–Kier alpha value is -1.30. The molecule has 1 amide bonds. The van der Waals surface area contributed by atoms with E-state index in [4.69, 9.17) is 22.2 Å². The first kappa shape index (κ1) is 15.8. The minimum atomic E-state index is -0.535. The van der Waals surface area contributed by atoms with Crippen LogP contribution in [-0.4, -0.2) is 18.3 Å². The Balaban J connectivity index is 2.71. The van der Waals surface area contributed by atoms with Crippen molar-refractivity contribution in [3.05, 3.63) is 28.8 Å². The minimum Gasteiger partial charge on any atom is -0.444 e. The highest BCUT2D eigenvalue weighted by Gasteiger charge is 2.16. The molecule has 0 radical (unpaired) electrons. The van der Waals surface area contributed by atoms with E-state index >= 15 is 0 Å². The number of nitrogens with one attached hydrogen (secondary N) is 1. The molecule has 0 heterocycles. The summed E-state index contributed by atoms with van der Waals surface area (Å²) in [6.07, 6.45) is 0.0648. The lowest BCUT2D eigenvalue weighted by atomic mass is 10.1. The third kappa shape index (κ3) is 5.92. The summed E-state index contributed by atoms with van der Waals surface area (Å²) in [5.74, 6) is 4.98. The topological polar surface area (TPSA) is 73.6 Å². The van der Waals surface area contributed by atoms with Gasteiger partial charge in [0.05, 0.1) is 6.61 Å². The number of nitrogens with two attached hydrogens (primary N) is 1. The lowest BCUT2D eigenvalue weighted by Crippen LogP contribution is -2.27. The molecule has 0 unspecified atom stereocenters. The van der Waals surface area contributed by atoms with Crippen LogP contribution in [0.15, 0.2) is 18.2 Å². The van der Waals surface area contributed by atoms with Crippen molar-refractivity contribution in [1.29, 1.82) is 0 Å². The van der Waals surface area contributed by atoms with E-state index in [1.165, 1.54) is 0 Å². The number of benzene rings is 1. The second-order valence-electron chi connectivity index (χ2n) is 5.05. The maximum absolute atomic E-state index is 11.6. The molecule has 1 rings (SSSR count). The summed E-state index contributed by atoms with van der Waals surface area (Å²) in [7, 11) is 0. The van der Waals surface area contributed by atoms with Gasteiger partial charge in [-0.25, -0.2) is 10.7 Å². The first-order valence-electron chi connectivity index (χ1n) is 5.92. The van der Waals surface area contributed by atoms with Crippen molar-refractivity contribution in [1.82, 2.24) is 0 Å². The number of halogens is 1. The van der Waals surface area contributed by atoms with Crippen LogP contribution in [0.25, 0.3) is 0 Å². The average Bonchev–Trinajstić information content (AvgIpc) is 2.27. The van der Waals surface area contributed by atoms with Gasteiger partial charge in [0.1, 0.15) is 5.60 Å². The van der Waals surface area contributed by atoms with Gasteiger partial charge in [0, 0.05) is 10.7 Å². The second-order valence-corrected chi connectivity index (χ2v) is 5.46. The van der Waals surface area contributed by atoms with Gasteiger partial charge in [-0.2, -0.15) is 0 Å². The van der Waals surface area contributed by atoms with Gasteiger partial charge < -0.3 is 9.57 Å². The Bertz CT molecular complexity index is 444. The summed E-state index contributed by atoms with van der Waals surface area (Å²) in [5, 5.41) is 3.25. The number of ether oxygens (including phenoxy) is 1. The van der Waals surface area contributed by atoms with E-state index in [0.717, 1.165) is 5.56 Å². The van der Waals surface area contributed by atoms with E-state index in [0.29, 0.717) is 23.7 Å². The molecule has 0 aliphatic carbocycles. The fourth-order valence-corrected chi connectivity index (χ4v) is 1.65. The normalized spacial score (nSPS) is 11.2. The van der Waals surface area contributed by atoms with Crippen molar-refractivity contribution in [2.45, 2.75) is 32.8 Å². The zero-order valence-corrected chi connectivity index (χ0v) is 12.1. The number of amides is 1. The smallest absolute Gasteiger partial charge is 0.412 e. The van der Waals surface area contributed by atoms with Gasteiger partial charge >= 0.3 is 6.09 Å². The Morgan fingerprint density at radius 1 is 1.42 bits per heavy atom. The lowest BCUT2D eigenvalue weighted by molar-refractivity contribution is 0.0636. The molecule has 0 aliphatic rings. The molecule has 1 aromatic carbocycles. The summed E-state index contributed by atoms with van der Waals surface area (Å²) < 4.78 is 5.17. The van der Waals surface area contributed by atoms with Gasteiger partial charge in [0.15, 0.2) is 0 Å². The zero-order chi connectivity index (χ0) is 14.5. The molecule has 0 bridgehead atoms. The van der Waals surface area contributed by atoms with Gasteiger partial charge in [-0.3, -0.25) is 5.32 Å². The summed E-state index contributed by atoms with van der Waals surface area (Å²) in [6.45, 7) is 5.77. The van der Waals surface area contributed by atoms with Crippen molar-refractivity contribution in [3.8, 4) is 0 Å². The van der Waals surface area contributed by atoms with Crippen LogP contribution >= 0.6 is 11.6 Å². The lowest BCUT2D eigenvalue weighted by Gasteiger charge is -2.20. The molecule has 106 valence electrons. The Labute approximate surface area is 118 Å². The molecule has 0 aromatic heterocycles. The number of hydrogen-bond donors (Lipinski definition) is 2. The molecule has 0 atom stereocenters. The quantitative estimate of drug-likeness (QED) is 0.834. The van der Waals surface area contributed by atoms with Crippen molar-refractivity contribution < 1.29 is 14.4 Å². The number of rotatable bonds is 4. The summed E-state index contributed by atoms with van der Waals surface area (Å²) >= 11 is 6.03. The fourth-order valence-electron chi connectivity index (χ4n) is 1.43. The van der Waals surface area contributed by atoms with Crippen molar-refractivity contribution >= 4 is 23.4 Å². The largest absolute Gasteiger partial charge is 0.444 e. The van der Waals surface area contributed by atoms with Gasteiger partial charge in [-0.05, 0) is 51.0 Å². The molecule has 0 saturated carbocycles. The molecule has 0 saturated heterocycles. The predicted molar refractivity (Wildman–Crippen MR) is 75.2 cm³/mol. The van der Waals surface area contributed by atoms with E-state index in [9.17, 15) is 4.79 Å². The van der Waals surface area contributed by atoms with Crippen LogP contribution in [0.4, 0.5) is 10.5 Å².